The Morgan fingerprint density at radius 3 is 2.65 bits per heavy atom. The third-order valence-electron chi connectivity index (χ3n) is 3.09. The summed E-state index contributed by atoms with van der Waals surface area (Å²) in [5.41, 5.74) is 9.49. The van der Waals surface area contributed by atoms with E-state index in [2.05, 4.69) is 15.2 Å². The number of benzene rings is 1. The molecule has 0 bridgehead atoms. The SMILES string of the molecule is COc1ncccc1-c1[nH]nc(N)c1-c1ccccc1. The number of pyridine rings is 1. The highest BCUT2D eigenvalue weighted by molar-refractivity contribution is 5.89. The van der Waals surface area contributed by atoms with Gasteiger partial charge in [-0.15, -0.1) is 0 Å². The van der Waals surface area contributed by atoms with Crippen LogP contribution >= 0.6 is 0 Å². The summed E-state index contributed by atoms with van der Waals surface area (Å²) in [6.07, 6.45) is 1.68. The molecule has 0 atom stereocenters. The van der Waals surface area contributed by atoms with Gasteiger partial charge in [-0.2, -0.15) is 5.10 Å². The van der Waals surface area contributed by atoms with Gasteiger partial charge in [0.1, 0.15) is 0 Å². The number of ether oxygens (including phenoxy) is 1. The maximum Gasteiger partial charge on any atom is 0.222 e. The molecule has 0 saturated carbocycles. The smallest absolute Gasteiger partial charge is 0.222 e. The fourth-order valence-electron chi connectivity index (χ4n) is 2.19. The van der Waals surface area contributed by atoms with E-state index in [1.807, 2.05) is 42.5 Å². The monoisotopic (exact) mass is 266 g/mol. The minimum atomic E-state index is 0.456. The van der Waals surface area contributed by atoms with Crippen LogP contribution in [0.25, 0.3) is 22.4 Å². The highest BCUT2D eigenvalue weighted by atomic mass is 16.5. The van der Waals surface area contributed by atoms with E-state index in [-0.39, 0.29) is 0 Å². The standard InChI is InChI=1S/C15H14N4O/c1-20-15-11(8-5-9-17-15)13-12(14(16)19-18-13)10-6-3-2-4-7-10/h2-9H,1H3,(H3,16,18,19). The molecule has 0 aliphatic carbocycles. The Labute approximate surface area is 116 Å². The number of nitrogens with one attached hydrogen (secondary N) is 1. The van der Waals surface area contributed by atoms with Crippen molar-refractivity contribution in [3.8, 4) is 28.3 Å². The molecule has 5 heteroatoms. The Kier molecular flexibility index (Phi) is 3.09. The molecule has 0 aliphatic heterocycles. The summed E-state index contributed by atoms with van der Waals surface area (Å²) >= 11 is 0. The van der Waals surface area contributed by atoms with Crippen molar-refractivity contribution < 1.29 is 4.74 Å². The zero-order valence-corrected chi connectivity index (χ0v) is 11.0. The second-order valence-corrected chi connectivity index (χ2v) is 4.29. The maximum atomic E-state index is 6.00. The number of aromatic amines is 1. The van der Waals surface area contributed by atoms with Gasteiger partial charge in [-0.25, -0.2) is 4.98 Å². The third-order valence-corrected chi connectivity index (χ3v) is 3.09. The van der Waals surface area contributed by atoms with Crippen LogP contribution in [0.2, 0.25) is 0 Å². The number of rotatable bonds is 3. The van der Waals surface area contributed by atoms with Crippen molar-refractivity contribution in [1.82, 2.24) is 15.2 Å². The van der Waals surface area contributed by atoms with Gasteiger partial charge in [-0.05, 0) is 17.7 Å². The zero-order valence-electron chi connectivity index (χ0n) is 11.0. The van der Waals surface area contributed by atoms with Crippen LogP contribution in [0.5, 0.6) is 5.88 Å². The van der Waals surface area contributed by atoms with E-state index >= 15 is 0 Å². The summed E-state index contributed by atoms with van der Waals surface area (Å²) < 4.78 is 5.30. The number of hydrogen-bond donors (Lipinski definition) is 2. The van der Waals surface area contributed by atoms with E-state index in [4.69, 9.17) is 10.5 Å². The molecule has 3 N–H and O–H groups in total. The molecule has 0 aliphatic rings. The van der Waals surface area contributed by atoms with Crippen LogP contribution in [-0.2, 0) is 0 Å². The average molecular weight is 266 g/mol. The highest BCUT2D eigenvalue weighted by Gasteiger charge is 2.17. The lowest BCUT2D eigenvalue weighted by molar-refractivity contribution is 0.399. The van der Waals surface area contributed by atoms with Crippen molar-refractivity contribution in [2.45, 2.75) is 0 Å². The molecular formula is C15H14N4O. The normalized spacial score (nSPS) is 10.4. The van der Waals surface area contributed by atoms with Crippen LogP contribution in [0.1, 0.15) is 0 Å². The van der Waals surface area contributed by atoms with Gasteiger partial charge in [-0.1, -0.05) is 30.3 Å². The van der Waals surface area contributed by atoms with Crippen molar-refractivity contribution >= 4 is 5.82 Å². The summed E-state index contributed by atoms with van der Waals surface area (Å²) in [6.45, 7) is 0. The van der Waals surface area contributed by atoms with E-state index in [0.29, 0.717) is 11.7 Å². The summed E-state index contributed by atoms with van der Waals surface area (Å²) in [6, 6.07) is 13.7. The molecule has 0 spiro atoms. The number of nitrogen functional groups attached to an aromatic ring is 1. The van der Waals surface area contributed by atoms with Crippen molar-refractivity contribution in [2.75, 3.05) is 12.8 Å². The number of nitrogens with zero attached hydrogens (tertiary/aromatic N) is 2. The van der Waals surface area contributed by atoms with Crippen molar-refractivity contribution in [3.05, 3.63) is 48.7 Å². The summed E-state index contributed by atoms with van der Waals surface area (Å²) in [4.78, 5) is 4.21. The first-order valence-corrected chi connectivity index (χ1v) is 6.20. The number of aromatic nitrogens is 3. The molecule has 3 rings (SSSR count). The molecule has 0 fully saturated rings. The predicted molar refractivity (Wildman–Crippen MR) is 78.2 cm³/mol. The second-order valence-electron chi connectivity index (χ2n) is 4.29. The number of nitrogens with two attached hydrogens (primary N) is 1. The first-order chi connectivity index (χ1) is 9.81. The molecule has 0 saturated heterocycles. The lowest BCUT2D eigenvalue weighted by Gasteiger charge is -2.08. The van der Waals surface area contributed by atoms with Gasteiger partial charge < -0.3 is 10.5 Å². The minimum Gasteiger partial charge on any atom is -0.481 e. The summed E-state index contributed by atoms with van der Waals surface area (Å²) in [5.74, 6) is 0.991. The van der Waals surface area contributed by atoms with Gasteiger partial charge in [0.2, 0.25) is 5.88 Å². The maximum absolute atomic E-state index is 6.00. The minimum absolute atomic E-state index is 0.456. The molecule has 0 radical (unpaired) electrons. The highest BCUT2D eigenvalue weighted by Crippen LogP contribution is 2.37. The van der Waals surface area contributed by atoms with Crippen molar-refractivity contribution in [2.24, 2.45) is 0 Å². The molecule has 20 heavy (non-hydrogen) atoms. The average Bonchev–Trinajstić information content (AvgIpc) is 2.89. The fourth-order valence-corrected chi connectivity index (χ4v) is 2.19. The van der Waals surface area contributed by atoms with Crippen LogP contribution in [0, 0.1) is 0 Å². The molecule has 2 aromatic heterocycles. The quantitative estimate of drug-likeness (QED) is 0.764. The van der Waals surface area contributed by atoms with Crippen LogP contribution in [0.4, 0.5) is 5.82 Å². The Balaban J connectivity index is 2.22. The zero-order chi connectivity index (χ0) is 13.9. The van der Waals surface area contributed by atoms with Gasteiger partial charge in [-0.3, -0.25) is 5.10 Å². The largest absolute Gasteiger partial charge is 0.481 e. The molecule has 1 aromatic carbocycles. The molecule has 0 unspecified atom stereocenters. The summed E-state index contributed by atoms with van der Waals surface area (Å²) in [7, 11) is 1.59. The van der Waals surface area contributed by atoms with E-state index < -0.39 is 0 Å². The van der Waals surface area contributed by atoms with Gasteiger partial charge in [0, 0.05) is 6.20 Å². The van der Waals surface area contributed by atoms with E-state index in [1.54, 1.807) is 13.3 Å². The molecule has 0 amide bonds. The van der Waals surface area contributed by atoms with Crippen LogP contribution in [-0.4, -0.2) is 22.3 Å². The van der Waals surface area contributed by atoms with E-state index in [1.165, 1.54) is 0 Å². The Morgan fingerprint density at radius 2 is 1.90 bits per heavy atom. The van der Waals surface area contributed by atoms with Crippen LogP contribution in [0.3, 0.4) is 0 Å². The van der Waals surface area contributed by atoms with Crippen LogP contribution in [0.15, 0.2) is 48.7 Å². The first-order valence-electron chi connectivity index (χ1n) is 6.20. The Bertz CT molecular complexity index is 722. The van der Waals surface area contributed by atoms with Gasteiger partial charge in [0.25, 0.3) is 0 Å². The molecule has 2 heterocycles. The van der Waals surface area contributed by atoms with Crippen molar-refractivity contribution in [1.29, 1.82) is 0 Å². The lowest BCUT2D eigenvalue weighted by Crippen LogP contribution is -1.93. The number of H-pyrrole nitrogens is 1. The summed E-state index contributed by atoms with van der Waals surface area (Å²) in [5, 5.41) is 7.08. The topological polar surface area (TPSA) is 76.8 Å². The number of hydrogen-bond acceptors (Lipinski definition) is 4. The number of methoxy groups -OCH3 is 1. The molecule has 100 valence electrons. The van der Waals surface area contributed by atoms with Gasteiger partial charge >= 0.3 is 0 Å². The third kappa shape index (κ3) is 1.99. The van der Waals surface area contributed by atoms with E-state index in [9.17, 15) is 0 Å². The first kappa shape index (κ1) is 12.2. The second kappa shape index (κ2) is 5.05. The van der Waals surface area contributed by atoms with E-state index in [0.717, 1.165) is 22.4 Å². The van der Waals surface area contributed by atoms with Crippen molar-refractivity contribution in [3.63, 3.8) is 0 Å². The number of anilines is 1. The molecular weight excluding hydrogens is 252 g/mol. The van der Waals surface area contributed by atoms with Gasteiger partial charge in [0.05, 0.1) is 23.9 Å². The van der Waals surface area contributed by atoms with Crippen LogP contribution < -0.4 is 10.5 Å². The Hall–Kier alpha value is -2.82. The lowest BCUT2D eigenvalue weighted by atomic mass is 10.0. The van der Waals surface area contributed by atoms with Gasteiger partial charge in [0.15, 0.2) is 5.82 Å². The fraction of sp³-hybridized carbons (Fsp3) is 0.0667. The molecule has 5 nitrogen and oxygen atoms in total. The Morgan fingerprint density at radius 1 is 1.10 bits per heavy atom. The predicted octanol–water partition coefficient (Wildman–Crippen LogP) is 2.73. The molecule has 3 aromatic rings.